The van der Waals surface area contributed by atoms with Gasteiger partial charge in [0.2, 0.25) is 10.0 Å². The highest BCUT2D eigenvalue weighted by atomic mass is 35.5. The van der Waals surface area contributed by atoms with Gasteiger partial charge in [-0.15, -0.1) is 0 Å². The highest BCUT2D eigenvalue weighted by Crippen LogP contribution is 2.19. The lowest BCUT2D eigenvalue weighted by atomic mass is 10.1. The molecule has 0 aliphatic carbocycles. The molecule has 0 fully saturated rings. The third-order valence-electron chi connectivity index (χ3n) is 2.17. The van der Waals surface area contributed by atoms with E-state index in [0.29, 0.717) is 22.4 Å². The number of halogens is 1. The van der Waals surface area contributed by atoms with Crippen LogP contribution in [-0.2, 0) is 16.6 Å². The van der Waals surface area contributed by atoms with Gasteiger partial charge in [-0.25, -0.2) is 12.7 Å². The van der Waals surface area contributed by atoms with Crippen molar-refractivity contribution < 1.29 is 13.2 Å². The monoisotopic (exact) mass is 261 g/mol. The number of aldehydes is 1. The highest BCUT2D eigenvalue weighted by molar-refractivity contribution is 7.88. The summed E-state index contributed by atoms with van der Waals surface area (Å²) >= 11 is 5.91. The van der Waals surface area contributed by atoms with Gasteiger partial charge in [0.25, 0.3) is 0 Å². The van der Waals surface area contributed by atoms with Gasteiger partial charge in [-0.3, -0.25) is 4.79 Å². The summed E-state index contributed by atoms with van der Waals surface area (Å²) in [6, 6.07) is 4.74. The Balaban J connectivity index is 3.01. The van der Waals surface area contributed by atoms with Crippen LogP contribution in [0.4, 0.5) is 0 Å². The van der Waals surface area contributed by atoms with Crippen LogP contribution in [0.2, 0.25) is 5.02 Å². The van der Waals surface area contributed by atoms with Gasteiger partial charge in [0.1, 0.15) is 6.29 Å². The van der Waals surface area contributed by atoms with Gasteiger partial charge in [0.05, 0.1) is 6.26 Å². The number of hydrogen-bond donors (Lipinski definition) is 0. The Bertz CT molecular complexity index is 499. The fourth-order valence-corrected chi connectivity index (χ4v) is 1.70. The number of nitrogens with zero attached hydrogens (tertiary/aromatic N) is 1. The first-order valence-corrected chi connectivity index (χ1v) is 6.72. The summed E-state index contributed by atoms with van der Waals surface area (Å²) in [6.45, 7) is 0.152. The van der Waals surface area contributed by atoms with Gasteiger partial charge in [-0.2, -0.15) is 0 Å². The van der Waals surface area contributed by atoms with Crippen molar-refractivity contribution in [3.8, 4) is 0 Å². The van der Waals surface area contributed by atoms with Crippen LogP contribution in [0.15, 0.2) is 18.2 Å². The van der Waals surface area contributed by atoms with Crippen LogP contribution >= 0.6 is 11.6 Å². The van der Waals surface area contributed by atoms with E-state index in [1.165, 1.54) is 11.4 Å². The van der Waals surface area contributed by atoms with Gasteiger partial charge in [-0.1, -0.05) is 17.7 Å². The molecule has 88 valence electrons. The first-order chi connectivity index (χ1) is 7.34. The number of rotatable bonds is 4. The number of hydrogen-bond acceptors (Lipinski definition) is 3. The van der Waals surface area contributed by atoms with Crippen molar-refractivity contribution in [1.82, 2.24) is 4.31 Å². The van der Waals surface area contributed by atoms with E-state index in [1.807, 2.05) is 0 Å². The van der Waals surface area contributed by atoms with Crippen molar-refractivity contribution >= 4 is 27.9 Å². The number of carbonyl (C=O) groups excluding carboxylic acids is 1. The van der Waals surface area contributed by atoms with Crippen LogP contribution in [0.5, 0.6) is 0 Å². The SMILES string of the molecule is CN(Cc1cc(C=O)ccc1Cl)S(C)(=O)=O. The zero-order chi connectivity index (χ0) is 12.3. The minimum Gasteiger partial charge on any atom is -0.298 e. The summed E-state index contributed by atoms with van der Waals surface area (Å²) < 4.78 is 23.6. The van der Waals surface area contributed by atoms with Crippen molar-refractivity contribution in [1.29, 1.82) is 0 Å². The minimum atomic E-state index is -3.25. The number of benzene rings is 1. The maximum absolute atomic E-state index is 11.2. The van der Waals surface area contributed by atoms with E-state index < -0.39 is 10.0 Å². The predicted molar refractivity (Wildman–Crippen MR) is 63.2 cm³/mol. The fraction of sp³-hybridized carbons (Fsp3) is 0.300. The summed E-state index contributed by atoms with van der Waals surface area (Å²) in [4.78, 5) is 10.6. The van der Waals surface area contributed by atoms with Crippen molar-refractivity contribution in [2.45, 2.75) is 6.54 Å². The lowest BCUT2D eigenvalue weighted by Gasteiger charge is -2.15. The molecule has 1 aromatic rings. The number of carbonyl (C=O) groups is 1. The predicted octanol–water partition coefficient (Wildman–Crippen LogP) is 1.54. The van der Waals surface area contributed by atoms with Gasteiger partial charge >= 0.3 is 0 Å². The fourth-order valence-electron chi connectivity index (χ4n) is 1.15. The maximum Gasteiger partial charge on any atom is 0.211 e. The summed E-state index contributed by atoms with van der Waals surface area (Å²) in [5, 5.41) is 0.445. The van der Waals surface area contributed by atoms with Gasteiger partial charge in [-0.05, 0) is 17.7 Å². The molecule has 0 saturated heterocycles. The average molecular weight is 262 g/mol. The Morgan fingerprint density at radius 2 is 2.06 bits per heavy atom. The maximum atomic E-state index is 11.2. The van der Waals surface area contributed by atoms with E-state index in [2.05, 4.69) is 0 Å². The van der Waals surface area contributed by atoms with Crippen molar-refractivity contribution in [3.63, 3.8) is 0 Å². The topological polar surface area (TPSA) is 54.5 Å². The van der Waals surface area contributed by atoms with Crippen LogP contribution in [0.3, 0.4) is 0 Å². The molecule has 0 aliphatic heterocycles. The molecule has 0 atom stereocenters. The van der Waals surface area contributed by atoms with Crippen molar-refractivity contribution in [2.24, 2.45) is 0 Å². The van der Waals surface area contributed by atoms with Crippen molar-refractivity contribution in [3.05, 3.63) is 34.3 Å². The average Bonchev–Trinajstić information content (AvgIpc) is 2.19. The Hall–Kier alpha value is -0.910. The summed E-state index contributed by atoms with van der Waals surface area (Å²) in [5.41, 5.74) is 1.08. The number of sulfonamides is 1. The summed E-state index contributed by atoms with van der Waals surface area (Å²) in [6.07, 6.45) is 1.81. The molecule has 16 heavy (non-hydrogen) atoms. The lowest BCUT2D eigenvalue weighted by molar-refractivity contribution is 0.112. The van der Waals surface area contributed by atoms with E-state index in [9.17, 15) is 13.2 Å². The third-order valence-corrected chi connectivity index (χ3v) is 3.80. The molecule has 0 heterocycles. The van der Waals surface area contributed by atoms with Crippen LogP contribution in [0.1, 0.15) is 15.9 Å². The molecule has 0 saturated carbocycles. The van der Waals surface area contributed by atoms with Crippen molar-refractivity contribution in [2.75, 3.05) is 13.3 Å². The molecule has 0 N–H and O–H groups in total. The smallest absolute Gasteiger partial charge is 0.211 e. The Morgan fingerprint density at radius 1 is 1.44 bits per heavy atom. The normalized spacial score (nSPS) is 11.8. The second-order valence-corrected chi connectivity index (χ2v) is 5.98. The van der Waals surface area contributed by atoms with E-state index in [-0.39, 0.29) is 6.54 Å². The second-order valence-electron chi connectivity index (χ2n) is 3.49. The molecule has 0 radical (unpaired) electrons. The molecule has 4 nitrogen and oxygen atoms in total. The van der Waals surface area contributed by atoms with Gasteiger partial charge in [0, 0.05) is 24.2 Å². The molecule has 0 spiro atoms. The molecule has 0 aromatic heterocycles. The van der Waals surface area contributed by atoms with Crippen LogP contribution in [0.25, 0.3) is 0 Å². The minimum absolute atomic E-state index is 0.152. The van der Waals surface area contributed by atoms with E-state index >= 15 is 0 Å². The summed E-state index contributed by atoms with van der Waals surface area (Å²) in [5.74, 6) is 0. The van der Waals surface area contributed by atoms with Crippen LogP contribution < -0.4 is 0 Å². The zero-order valence-corrected chi connectivity index (χ0v) is 10.5. The molecule has 1 aromatic carbocycles. The molecule has 6 heteroatoms. The lowest BCUT2D eigenvalue weighted by Crippen LogP contribution is -2.25. The highest BCUT2D eigenvalue weighted by Gasteiger charge is 2.13. The molecule has 0 amide bonds. The van der Waals surface area contributed by atoms with Crippen LogP contribution in [0, 0.1) is 0 Å². The third kappa shape index (κ3) is 3.30. The van der Waals surface area contributed by atoms with E-state index in [1.54, 1.807) is 18.2 Å². The zero-order valence-electron chi connectivity index (χ0n) is 8.97. The summed E-state index contributed by atoms with van der Waals surface area (Å²) in [7, 11) is -1.79. The molecular weight excluding hydrogens is 250 g/mol. The Kier molecular flexibility index (Phi) is 4.07. The molecule has 0 aliphatic rings. The molecule has 0 unspecified atom stereocenters. The first kappa shape index (κ1) is 13.2. The molecular formula is C10H12ClNO3S. The Morgan fingerprint density at radius 3 is 2.56 bits per heavy atom. The molecule has 0 bridgehead atoms. The Labute approximate surface area is 99.9 Å². The quantitative estimate of drug-likeness (QED) is 0.773. The second kappa shape index (κ2) is 4.95. The van der Waals surface area contributed by atoms with E-state index in [4.69, 9.17) is 11.6 Å². The standard InChI is InChI=1S/C10H12ClNO3S/c1-12(16(2,14)15)6-9-5-8(7-13)3-4-10(9)11/h3-5,7H,6H2,1-2H3. The first-order valence-electron chi connectivity index (χ1n) is 4.49. The van der Waals surface area contributed by atoms with E-state index in [0.717, 1.165) is 6.26 Å². The molecule has 1 rings (SSSR count). The largest absolute Gasteiger partial charge is 0.298 e. The van der Waals surface area contributed by atoms with Gasteiger partial charge in [0.15, 0.2) is 0 Å². The van der Waals surface area contributed by atoms with Gasteiger partial charge < -0.3 is 0 Å². The van der Waals surface area contributed by atoms with Crippen LogP contribution in [-0.4, -0.2) is 32.3 Å².